The molecule has 1 aliphatic rings. The zero-order valence-corrected chi connectivity index (χ0v) is 13.6. The molecule has 5 heteroatoms. The monoisotopic (exact) mass is 298 g/mol. The molecule has 0 spiro atoms. The standard InChI is InChI=1S/C16H30N2O3/c1-4-13-7-9-16(10-8-13,15(20)21)18-14(19)6-5-11-17-12(2)3/h12-13,17H,4-11H2,1-3H3,(H,18,19)(H,20,21). The van der Waals surface area contributed by atoms with Gasteiger partial charge in [-0.25, -0.2) is 4.79 Å². The van der Waals surface area contributed by atoms with Crippen LogP contribution in [0.1, 0.15) is 65.7 Å². The molecule has 1 rings (SSSR count). The predicted octanol–water partition coefficient (Wildman–Crippen LogP) is 2.30. The van der Waals surface area contributed by atoms with Crippen molar-refractivity contribution in [3.05, 3.63) is 0 Å². The van der Waals surface area contributed by atoms with E-state index in [1.165, 1.54) is 0 Å². The highest BCUT2D eigenvalue weighted by atomic mass is 16.4. The quantitative estimate of drug-likeness (QED) is 0.601. The van der Waals surface area contributed by atoms with Crippen LogP contribution in [0, 0.1) is 5.92 Å². The van der Waals surface area contributed by atoms with E-state index in [4.69, 9.17) is 0 Å². The van der Waals surface area contributed by atoms with Gasteiger partial charge >= 0.3 is 5.97 Å². The first kappa shape index (κ1) is 18.0. The Hall–Kier alpha value is -1.10. The van der Waals surface area contributed by atoms with Crippen molar-refractivity contribution in [2.24, 2.45) is 5.92 Å². The van der Waals surface area contributed by atoms with E-state index < -0.39 is 11.5 Å². The Balaban J connectivity index is 2.44. The molecule has 3 N–H and O–H groups in total. The van der Waals surface area contributed by atoms with E-state index in [-0.39, 0.29) is 5.91 Å². The molecule has 0 saturated heterocycles. The number of aliphatic carboxylic acids is 1. The average molecular weight is 298 g/mol. The maximum atomic E-state index is 12.0. The largest absolute Gasteiger partial charge is 0.480 e. The van der Waals surface area contributed by atoms with Crippen molar-refractivity contribution in [1.82, 2.24) is 10.6 Å². The Bertz CT molecular complexity index is 347. The van der Waals surface area contributed by atoms with Crippen molar-refractivity contribution in [3.63, 3.8) is 0 Å². The SMILES string of the molecule is CCC1CCC(NC(=O)CCCNC(C)C)(C(=O)O)CC1. The summed E-state index contributed by atoms with van der Waals surface area (Å²) >= 11 is 0. The Morgan fingerprint density at radius 1 is 1.29 bits per heavy atom. The van der Waals surface area contributed by atoms with Crippen LogP contribution in [0.3, 0.4) is 0 Å². The smallest absolute Gasteiger partial charge is 0.329 e. The second kappa shape index (κ2) is 8.37. The van der Waals surface area contributed by atoms with E-state index in [2.05, 4.69) is 31.4 Å². The van der Waals surface area contributed by atoms with Crippen LogP contribution in [0.2, 0.25) is 0 Å². The van der Waals surface area contributed by atoms with E-state index in [0.29, 0.717) is 31.2 Å². The first-order valence-electron chi connectivity index (χ1n) is 8.17. The number of hydrogen-bond donors (Lipinski definition) is 3. The van der Waals surface area contributed by atoms with Gasteiger partial charge in [-0.3, -0.25) is 4.79 Å². The van der Waals surface area contributed by atoms with Gasteiger partial charge in [-0.2, -0.15) is 0 Å². The number of rotatable bonds is 8. The summed E-state index contributed by atoms with van der Waals surface area (Å²) < 4.78 is 0. The van der Waals surface area contributed by atoms with Crippen LogP contribution >= 0.6 is 0 Å². The van der Waals surface area contributed by atoms with Crippen LogP contribution in [-0.4, -0.2) is 35.1 Å². The van der Waals surface area contributed by atoms with Crippen molar-refractivity contribution in [2.75, 3.05) is 6.54 Å². The lowest BCUT2D eigenvalue weighted by atomic mass is 9.75. The molecule has 1 fully saturated rings. The molecule has 0 radical (unpaired) electrons. The van der Waals surface area contributed by atoms with Crippen LogP contribution in [0.25, 0.3) is 0 Å². The summed E-state index contributed by atoms with van der Waals surface area (Å²) in [6, 6.07) is 0.405. The highest BCUT2D eigenvalue weighted by Crippen LogP contribution is 2.34. The number of amides is 1. The normalized spacial score (nSPS) is 25.8. The molecule has 5 nitrogen and oxygen atoms in total. The fourth-order valence-corrected chi connectivity index (χ4v) is 2.94. The van der Waals surface area contributed by atoms with Crippen LogP contribution in [0.5, 0.6) is 0 Å². The van der Waals surface area contributed by atoms with E-state index in [1.54, 1.807) is 0 Å². The zero-order chi connectivity index (χ0) is 15.9. The maximum absolute atomic E-state index is 12.0. The molecule has 0 unspecified atom stereocenters. The number of carboxylic acid groups (broad SMARTS) is 1. The van der Waals surface area contributed by atoms with Crippen LogP contribution < -0.4 is 10.6 Å². The topological polar surface area (TPSA) is 78.4 Å². The summed E-state index contributed by atoms with van der Waals surface area (Å²) in [5, 5.41) is 15.6. The lowest BCUT2D eigenvalue weighted by Gasteiger charge is -2.37. The molecule has 0 atom stereocenters. The van der Waals surface area contributed by atoms with Crippen molar-refractivity contribution in [3.8, 4) is 0 Å². The van der Waals surface area contributed by atoms with Crippen LogP contribution in [-0.2, 0) is 9.59 Å². The maximum Gasteiger partial charge on any atom is 0.329 e. The molecule has 0 heterocycles. The number of carbonyl (C=O) groups is 2. The molecule has 21 heavy (non-hydrogen) atoms. The van der Waals surface area contributed by atoms with Crippen LogP contribution in [0.15, 0.2) is 0 Å². The highest BCUT2D eigenvalue weighted by molar-refractivity contribution is 5.87. The second-order valence-corrected chi connectivity index (χ2v) is 6.50. The van der Waals surface area contributed by atoms with Gasteiger partial charge in [0.2, 0.25) is 5.91 Å². The van der Waals surface area contributed by atoms with Gasteiger partial charge in [0, 0.05) is 12.5 Å². The first-order chi connectivity index (χ1) is 9.89. The van der Waals surface area contributed by atoms with Gasteiger partial charge in [0.1, 0.15) is 5.54 Å². The molecule has 122 valence electrons. The van der Waals surface area contributed by atoms with Gasteiger partial charge < -0.3 is 15.7 Å². The predicted molar refractivity (Wildman–Crippen MR) is 83.1 cm³/mol. The van der Waals surface area contributed by atoms with E-state index >= 15 is 0 Å². The Morgan fingerprint density at radius 2 is 1.90 bits per heavy atom. The third-order valence-corrected chi connectivity index (χ3v) is 4.46. The number of carbonyl (C=O) groups excluding carboxylic acids is 1. The lowest BCUT2D eigenvalue weighted by molar-refractivity contribution is -0.149. The summed E-state index contributed by atoms with van der Waals surface area (Å²) in [5.74, 6) is -0.423. The number of hydrogen-bond acceptors (Lipinski definition) is 3. The lowest BCUT2D eigenvalue weighted by Crippen LogP contribution is -2.56. The summed E-state index contributed by atoms with van der Waals surface area (Å²) in [6.45, 7) is 7.04. The third-order valence-electron chi connectivity index (χ3n) is 4.46. The van der Waals surface area contributed by atoms with Gasteiger partial charge in [0.15, 0.2) is 0 Å². The minimum absolute atomic E-state index is 0.141. The zero-order valence-electron chi connectivity index (χ0n) is 13.6. The fraction of sp³-hybridized carbons (Fsp3) is 0.875. The van der Waals surface area contributed by atoms with Gasteiger partial charge in [-0.15, -0.1) is 0 Å². The Kier molecular flexibility index (Phi) is 7.15. The molecule has 0 aromatic rings. The minimum Gasteiger partial charge on any atom is -0.480 e. The molecule has 1 amide bonds. The molecule has 0 aromatic carbocycles. The molecular formula is C16H30N2O3. The van der Waals surface area contributed by atoms with Gasteiger partial charge in [0.05, 0.1) is 0 Å². The number of carboxylic acids is 1. The summed E-state index contributed by atoms with van der Waals surface area (Å²) in [6.07, 6.45) is 5.08. The highest BCUT2D eigenvalue weighted by Gasteiger charge is 2.42. The molecule has 0 aromatic heterocycles. The van der Waals surface area contributed by atoms with Crippen LogP contribution in [0.4, 0.5) is 0 Å². The van der Waals surface area contributed by atoms with Gasteiger partial charge in [-0.1, -0.05) is 27.2 Å². The van der Waals surface area contributed by atoms with E-state index in [9.17, 15) is 14.7 Å². The molecular weight excluding hydrogens is 268 g/mol. The summed E-state index contributed by atoms with van der Waals surface area (Å²) in [5.41, 5.74) is -1.03. The average Bonchev–Trinajstić information content (AvgIpc) is 2.44. The van der Waals surface area contributed by atoms with Gasteiger partial charge in [-0.05, 0) is 44.6 Å². The minimum atomic E-state index is -1.03. The first-order valence-corrected chi connectivity index (χ1v) is 8.17. The van der Waals surface area contributed by atoms with Crippen molar-refractivity contribution >= 4 is 11.9 Å². The molecule has 1 aliphatic carbocycles. The van der Waals surface area contributed by atoms with Crippen molar-refractivity contribution in [2.45, 2.75) is 77.3 Å². The number of nitrogens with one attached hydrogen (secondary N) is 2. The molecule has 0 bridgehead atoms. The second-order valence-electron chi connectivity index (χ2n) is 6.50. The van der Waals surface area contributed by atoms with Crippen molar-refractivity contribution < 1.29 is 14.7 Å². The Labute approximate surface area is 127 Å². The fourth-order valence-electron chi connectivity index (χ4n) is 2.94. The third kappa shape index (κ3) is 5.65. The summed E-state index contributed by atoms with van der Waals surface area (Å²) in [4.78, 5) is 23.6. The Morgan fingerprint density at radius 3 is 2.38 bits per heavy atom. The van der Waals surface area contributed by atoms with Crippen molar-refractivity contribution in [1.29, 1.82) is 0 Å². The van der Waals surface area contributed by atoms with E-state index in [1.807, 2.05) is 0 Å². The summed E-state index contributed by atoms with van der Waals surface area (Å²) in [7, 11) is 0. The molecule has 1 saturated carbocycles. The van der Waals surface area contributed by atoms with E-state index in [0.717, 1.165) is 32.2 Å². The van der Waals surface area contributed by atoms with Gasteiger partial charge in [0.25, 0.3) is 0 Å². The molecule has 0 aliphatic heterocycles.